The Balaban J connectivity index is 1.90. The average molecular weight is 392 g/mol. The molecule has 0 aromatic heterocycles. The van der Waals surface area contributed by atoms with Crippen LogP contribution in [0.25, 0.3) is 0 Å². The molecule has 2 rings (SSSR count). The SMILES string of the molecule is O=C(CNc1cccc(Br)c1)N/N=C\c1cc([N+](=O)[O-])ccc1[O-]. The van der Waals surface area contributed by atoms with Gasteiger partial charge in [-0.05, 0) is 23.8 Å². The Labute approximate surface area is 145 Å². The fourth-order valence-electron chi connectivity index (χ4n) is 1.74. The van der Waals surface area contributed by atoms with Crippen LogP contribution >= 0.6 is 15.9 Å². The summed E-state index contributed by atoms with van der Waals surface area (Å²) in [4.78, 5) is 21.7. The van der Waals surface area contributed by atoms with Gasteiger partial charge in [-0.1, -0.05) is 33.8 Å². The topological polar surface area (TPSA) is 120 Å². The summed E-state index contributed by atoms with van der Waals surface area (Å²) in [5, 5.41) is 28.8. The summed E-state index contributed by atoms with van der Waals surface area (Å²) < 4.78 is 0.875. The van der Waals surface area contributed by atoms with Crippen molar-refractivity contribution in [1.29, 1.82) is 0 Å². The van der Waals surface area contributed by atoms with Crippen LogP contribution in [0.5, 0.6) is 5.75 Å². The first-order valence-corrected chi connectivity index (χ1v) is 7.52. The van der Waals surface area contributed by atoms with Gasteiger partial charge in [0.2, 0.25) is 0 Å². The number of nitrogens with one attached hydrogen (secondary N) is 2. The molecule has 1 amide bonds. The van der Waals surface area contributed by atoms with Gasteiger partial charge in [-0.15, -0.1) is 0 Å². The van der Waals surface area contributed by atoms with Crippen LogP contribution < -0.4 is 15.8 Å². The van der Waals surface area contributed by atoms with Crippen molar-refractivity contribution in [3.05, 3.63) is 62.6 Å². The fraction of sp³-hybridized carbons (Fsp3) is 0.0667. The molecular weight excluding hydrogens is 380 g/mol. The van der Waals surface area contributed by atoms with E-state index in [0.717, 1.165) is 34.6 Å². The summed E-state index contributed by atoms with van der Waals surface area (Å²) >= 11 is 3.32. The van der Waals surface area contributed by atoms with Crippen LogP contribution in [0.4, 0.5) is 11.4 Å². The van der Waals surface area contributed by atoms with Gasteiger partial charge in [0.15, 0.2) is 0 Å². The van der Waals surface area contributed by atoms with Gasteiger partial charge in [0.25, 0.3) is 11.6 Å². The molecule has 0 saturated heterocycles. The first kappa shape index (κ1) is 17.4. The molecule has 24 heavy (non-hydrogen) atoms. The predicted octanol–water partition coefficient (Wildman–Crippen LogP) is 1.99. The summed E-state index contributed by atoms with van der Waals surface area (Å²) in [5.41, 5.74) is 2.79. The molecule has 0 fully saturated rings. The number of nitro groups is 1. The number of benzene rings is 2. The number of carbonyl (C=O) groups is 1. The Hall–Kier alpha value is -2.94. The highest BCUT2D eigenvalue weighted by atomic mass is 79.9. The van der Waals surface area contributed by atoms with Gasteiger partial charge in [0.05, 0.1) is 17.7 Å². The van der Waals surface area contributed by atoms with E-state index >= 15 is 0 Å². The largest absolute Gasteiger partial charge is 0.872 e. The second kappa shape index (κ2) is 8.06. The minimum absolute atomic E-state index is 0.0180. The van der Waals surface area contributed by atoms with Crippen molar-refractivity contribution in [3.8, 4) is 5.75 Å². The summed E-state index contributed by atoms with van der Waals surface area (Å²) in [6.45, 7) is -0.0209. The lowest BCUT2D eigenvalue weighted by Gasteiger charge is -2.09. The van der Waals surface area contributed by atoms with E-state index in [2.05, 4.69) is 31.8 Å². The zero-order valence-electron chi connectivity index (χ0n) is 12.2. The van der Waals surface area contributed by atoms with Gasteiger partial charge in [0, 0.05) is 22.3 Å². The standard InChI is InChI=1S/C15H13BrN4O4/c16-11-2-1-3-12(7-11)17-9-15(22)19-18-8-10-6-13(20(23)24)4-5-14(10)21/h1-8,17,21H,9H2,(H,19,22)/p-1/b18-8-. The van der Waals surface area contributed by atoms with Crippen molar-refractivity contribution in [2.24, 2.45) is 5.10 Å². The average Bonchev–Trinajstić information content (AvgIpc) is 2.54. The number of hydrazone groups is 1. The summed E-state index contributed by atoms with van der Waals surface area (Å²) in [5.74, 6) is -0.852. The molecule has 0 unspecified atom stereocenters. The Bertz CT molecular complexity index is 795. The minimum Gasteiger partial charge on any atom is -0.872 e. The number of rotatable bonds is 6. The molecule has 0 saturated carbocycles. The van der Waals surface area contributed by atoms with Crippen molar-refractivity contribution in [2.75, 3.05) is 11.9 Å². The third-order valence-electron chi connectivity index (χ3n) is 2.87. The Morgan fingerprint density at radius 1 is 1.29 bits per heavy atom. The molecule has 2 aromatic carbocycles. The molecule has 124 valence electrons. The molecular formula is C15H12BrN4O4-. The maximum Gasteiger partial charge on any atom is 0.270 e. The first-order valence-electron chi connectivity index (χ1n) is 6.72. The third-order valence-corrected chi connectivity index (χ3v) is 3.37. The number of nitro benzene ring substituents is 1. The number of amides is 1. The molecule has 0 spiro atoms. The van der Waals surface area contributed by atoms with Crippen molar-refractivity contribution in [3.63, 3.8) is 0 Å². The maximum absolute atomic E-state index is 11.7. The smallest absolute Gasteiger partial charge is 0.270 e. The summed E-state index contributed by atoms with van der Waals surface area (Å²) in [6, 6.07) is 10.6. The number of nitrogens with zero attached hydrogens (tertiary/aromatic N) is 2. The van der Waals surface area contributed by atoms with Crippen LogP contribution in [-0.2, 0) is 4.79 Å². The first-order chi connectivity index (χ1) is 11.5. The van der Waals surface area contributed by atoms with E-state index in [1.165, 1.54) is 0 Å². The van der Waals surface area contributed by atoms with Gasteiger partial charge >= 0.3 is 0 Å². The minimum atomic E-state index is -0.614. The number of carbonyl (C=O) groups excluding carboxylic acids is 1. The van der Waals surface area contributed by atoms with Crippen LogP contribution in [0, 0.1) is 10.1 Å². The Morgan fingerprint density at radius 2 is 2.08 bits per heavy atom. The molecule has 2 N–H and O–H groups in total. The van der Waals surface area contributed by atoms with Gasteiger partial charge in [-0.25, -0.2) is 5.43 Å². The van der Waals surface area contributed by atoms with Crippen molar-refractivity contribution in [1.82, 2.24) is 5.43 Å². The Kier molecular flexibility index (Phi) is 5.85. The van der Waals surface area contributed by atoms with E-state index in [1.54, 1.807) is 6.07 Å². The molecule has 8 nitrogen and oxygen atoms in total. The van der Waals surface area contributed by atoms with E-state index in [9.17, 15) is 20.0 Å². The van der Waals surface area contributed by atoms with Crippen molar-refractivity contribution in [2.45, 2.75) is 0 Å². The van der Waals surface area contributed by atoms with Crippen LogP contribution in [0.1, 0.15) is 5.56 Å². The monoisotopic (exact) mass is 391 g/mol. The summed E-state index contributed by atoms with van der Waals surface area (Å²) in [6.07, 6.45) is 1.08. The maximum atomic E-state index is 11.7. The highest BCUT2D eigenvalue weighted by Crippen LogP contribution is 2.19. The highest BCUT2D eigenvalue weighted by molar-refractivity contribution is 9.10. The zero-order chi connectivity index (χ0) is 17.5. The lowest BCUT2D eigenvalue weighted by atomic mass is 10.2. The zero-order valence-corrected chi connectivity index (χ0v) is 13.8. The molecule has 0 aliphatic heterocycles. The molecule has 0 radical (unpaired) electrons. The van der Waals surface area contributed by atoms with Gasteiger partial charge in [-0.3, -0.25) is 14.9 Å². The molecule has 0 atom stereocenters. The number of hydrogen-bond acceptors (Lipinski definition) is 6. The predicted molar refractivity (Wildman–Crippen MR) is 90.9 cm³/mol. The van der Waals surface area contributed by atoms with E-state index < -0.39 is 16.6 Å². The van der Waals surface area contributed by atoms with Crippen LogP contribution in [-0.4, -0.2) is 23.6 Å². The van der Waals surface area contributed by atoms with Crippen LogP contribution in [0.2, 0.25) is 0 Å². The van der Waals surface area contributed by atoms with E-state index in [1.807, 2.05) is 18.2 Å². The third kappa shape index (κ3) is 5.06. The number of anilines is 1. The lowest BCUT2D eigenvalue weighted by molar-refractivity contribution is -0.385. The lowest BCUT2D eigenvalue weighted by Crippen LogP contribution is -2.25. The molecule has 0 aliphatic carbocycles. The summed E-state index contributed by atoms with van der Waals surface area (Å²) in [7, 11) is 0. The van der Waals surface area contributed by atoms with Crippen LogP contribution in [0.3, 0.4) is 0 Å². The van der Waals surface area contributed by atoms with E-state index in [4.69, 9.17) is 0 Å². The second-order valence-corrected chi connectivity index (χ2v) is 5.55. The number of non-ortho nitro benzene ring substituents is 1. The van der Waals surface area contributed by atoms with E-state index in [-0.39, 0.29) is 17.8 Å². The van der Waals surface area contributed by atoms with Crippen molar-refractivity contribution >= 4 is 39.4 Å². The fourth-order valence-corrected chi connectivity index (χ4v) is 2.14. The number of hydrogen-bond donors (Lipinski definition) is 2. The molecule has 2 aromatic rings. The quantitative estimate of drug-likeness (QED) is 0.443. The molecule has 0 aliphatic rings. The number of halogens is 1. The Morgan fingerprint density at radius 3 is 2.79 bits per heavy atom. The normalized spacial score (nSPS) is 10.5. The highest BCUT2D eigenvalue weighted by Gasteiger charge is 2.05. The second-order valence-electron chi connectivity index (χ2n) is 4.64. The van der Waals surface area contributed by atoms with Crippen molar-refractivity contribution < 1.29 is 14.8 Å². The van der Waals surface area contributed by atoms with Gasteiger partial charge in [0.1, 0.15) is 0 Å². The molecule has 0 heterocycles. The van der Waals surface area contributed by atoms with E-state index in [0.29, 0.717) is 0 Å². The van der Waals surface area contributed by atoms with Gasteiger partial charge in [-0.2, -0.15) is 5.10 Å². The molecule has 9 heteroatoms. The van der Waals surface area contributed by atoms with Gasteiger partial charge < -0.3 is 10.4 Å². The molecule has 0 bridgehead atoms. The van der Waals surface area contributed by atoms with Crippen LogP contribution in [0.15, 0.2) is 52.0 Å².